The van der Waals surface area contributed by atoms with E-state index in [1.807, 2.05) is 6.92 Å². The number of imidazole rings is 1. The third-order valence-electron chi connectivity index (χ3n) is 4.38. The summed E-state index contributed by atoms with van der Waals surface area (Å²) in [5.41, 5.74) is 9.56. The predicted octanol–water partition coefficient (Wildman–Crippen LogP) is 1.22. The van der Waals surface area contributed by atoms with Crippen LogP contribution in [0.3, 0.4) is 0 Å². The maximum Gasteiger partial charge on any atom is 0.247 e. The Morgan fingerprint density at radius 2 is 2.18 bits per heavy atom. The van der Waals surface area contributed by atoms with Gasteiger partial charge in [0.1, 0.15) is 17.7 Å². The predicted molar refractivity (Wildman–Crippen MR) is 110 cm³/mol. The fourth-order valence-corrected chi connectivity index (χ4v) is 3.62. The minimum Gasteiger partial charge on any atom is -0.387 e. The van der Waals surface area contributed by atoms with Crippen LogP contribution >= 0.6 is 11.8 Å². The summed E-state index contributed by atoms with van der Waals surface area (Å²) in [5, 5.41) is 24.9. The highest BCUT2D eigenvalue weighted by molar-refractivity contribution is 7.99. The van der Waals surface area contributed by atoms with Crippen LogP contribution in [0.1, 0.15) is 33.4 Å². The van der Waals surface area contributed by atoms with Crippen LogP contribution in [-0.4, -0.2) is 65.8 Å². The van der Waals surface area contributed by atoms with E-state index >= 15 is 0 Å². The highest BCUT2D eigenvalue weighted by Gasteiger charge is 2.44. The number of aliphatic hydroxyl groups is 2. The fourth-order valence-electron chi connectivity index (χ4n) is 2.87. The van der Waals surface area contributed by atoms with Gasteiger partial charge >= 0.3 is 0 Å². The number of aromatic nitrogens is 4. The number of nitrogens with two attached hydrogens (primary N) is 1. The number of thioether (sulfide) groups is 1. The number of aliphatic hydroxyl groups excluding tert-OH is 2. The first-order valence-electron chi connectivity index (χ1n) is 9.29. The molecular weight excluding hydrogens is 382 g/mol. The summed E-state index contributed by atoms with van der Waals surface area (Å²) >= 11 is 1.64. The third-order valence-corrected chi connectivity index (χ3v) is 5.35. The van der Waals surface area contributed by atoms with E-state index in [0.29, 0.717) is 22.8 Å². The van der Waals surface area contributed by atoms with Crippen molar-refractivity contribution in [1.29, 1.82) is 0 Å². The number of hydrazone groups is 1. The van der Waals surface area contributed by atoms with Crippen molar-refractivity contribution in [3.8, 4) is 0 Å². The van der Waals surface area contributed by atoms with Crippen LogP contribution in [0.2, 0.25) is 0 Å². The fraction of sp³-hybridized carbons (Fsp3) is 0.647. The van der Waals surface area contributed by atoms with Crippen molar-refractivity contribution in [3.05, 3.63) is 6.33 Å². The number of fused-ring (bicyclic) bond motifs is 1. The summed E-state index contributed by atoms with van der Waals surface area (Å²) in [6.45, 7) is 6.22. The molecule has 0 amide bonds. The molecule has 0 aliphatic carbocycles. The summed E-state index contributed by atoms with van der Waals surface area (Å²) in [6, 6.07) is 0. The van der Waals surface area contributed by atoms with Crippen molar-refractivity contribution < 1.29 is 14.9 Å². The van der Waals surface area contributed by atoms with Gasteiger partial charge in [0.15, 0.2) is 17.7 Å². The minimum absolute atomic E-state index is 0.191. The molecule has 0 aromatic carbocycles. The third kappa shape index (κ3) is 4.37. The van der Waals surface area contributed by atoms with E-state index in [1.54, 1.807) is 22.5 Å². The molecule has 0 saturated carbocycles. The van der Waals surface area contributed by atoms with Crippen LogP contribution in [-0.2, 0) is 4.74 Å². The van der Waals surface area contributed by atoms with E-state index in [0.717, 1.165) is 12.2 Å². The summed E-state index contributed by atoms with van der Waals surface area (Å²) in [7, 11) is 0. The zero-order valence-corrected chi connectivity index (χ0v) is 17.0. The van der Waals surface area contributed by atoms with E-state index in [-0.39, 0.29) is 11.8 Å². The zero-order valence-electron chi connectivity index (χ0n) is 16.2. The Kier molecular flexibility index (Phi) is 6.70. The molecule has 2 aromatic heterocycles. The summed E-state index contributed by atoms with van der Waals surface area (Å²) in [6.07, 6.45) is 0.684. The van der Waals surface area contributed by atoms with Gasteiger partial charge in [0, 0.05) is 12.0 Å². The topological polar surface area (TPSA) is 144 Å². The highest BCUT2D eigenvalue weighted by Crippen LogP contribution is 2.33. The molecule has 1 saturated heterocycles. The largest absolute Gasteiger partial charge is 0.387 e. The van der Waals surface area contributed by atoms with Gasteiger partial charge in [-0.15, -0.1) is 0 Å². The molecule has 3 heterocycles. The van der Waals surface area contributed by atoms with Crippen molar-refractivity contribution in [1.82, 2.24) is 19.5 Å². The van der Waals surface area contributed by atoms with Crippen LogP contribution in [0.4, 0.5) is 11.8 Å². The molecule has 5 N–H and O–H groups in total. The number of hydrogen-bond acceptors (Lipinski definition) is 10. The minimum atomic E-state index is -1.10. The molecule has 1 aliphatic rings. The van der Waals surface area contributed by atoms with Crippen LogP contribution in [0, 0.1) is 5.92 Å². The van der Waals surface area contributed by atoms with Crippen molar-refractivity contribution in [3.63, 3.8) is 0 Å². The SMILES string of the molecule is CCSC[C@H]1O[C@@H](n2cnc3c(N)nc(N/N=C/CC(C)C)nc32)C(O)[C@H]1O. The normalized spacial score (nSPS) is 25.4. The standard InChI is InChI=1S/C17H27N7O3S/c1-4-28-7-10-12(25)13(26)16(27-10)24-8-19-11-14(18)21-17(22-15(11)24)23-20-6-5-9(2)3/h6,8-10,12-13,16,25-26H,4-5,7H2,1-3H3,(H3,18,21,22,23)/b20-6+/t10-,12+,13?,16-/m1/s1. The highest BCUT2D eigenvalue weighted by atomic mass is 32.2. The molecule has 4 atom stereocenters. The molecule has 2 aromatic rings. The molecule has 1 aliphatic heterocycles. The van der Waals surface area contributed by atoms with Crippen molar-refractivity contribution >= 4 is 40.9 Å². The molecule has 0 radical (unpaired) electrons. The number of rotatable bonds is 8. The number of anilines is 2. The molecule has 11 heteroatoms. The number of nitrogens with one attached hydrogen (secondary N) is 1. The number of ether oxygens (including phenoxy) is 1. The Labute approximate surface area is 167 Å². The van der Waals surface area contributed by atoms with Gasteiger partial charge in [0.2, 0.25) is 5.95 Å². The molecule has 3 rings (SSSR count). The molecule has 28 heavy (non-hydrogen) atoms. The molecule has 1 unspecified atom stereocenters. The summed E-state index contributed by atoms with van der Waals surface area (Å²) in [5.74, 6) is 2.39. The lowest BCUT2D eigenvalue weighted by Crippen LogP contribution is -2.32. The lowest BCUT2D eigenvalue weighted by atomic mass is 10.1. The number of nitrogens with zero attached hydrogens (tertiary/aromatic N) is 5. The van der Waals surface area contributed by atoms with Gasteiger partial charge < -0.3 is 20.7 Å². The first-order chi connectivity index (χ1) is 13.4. The second-order valence-corrected chi connectivity index (χ2v) is 8.33. The van der Waals surface area contributed by atoms with E-state index in [2.05, 4.69) is 39.3 Å². The lowest BCUT2D eigenvalue weighted by molar-refractivity contribution is -0.0288. The Hall–Kier alpha value is -1.95. The molecule has 0 bridgehead atoms. The Morgan fingerprint density at radius 1 is 1.39 bits per heavy atom. The average Bonchev–Trinajstić information content (AvgIpc) is 3.19. The summed E-state index contributed by atoms with van der Waals surface area (Å²) < 4.78 is 7.47. The molecule has 154 valence electrons. The van der Waals surface area contributed by atoms with Gasteiger partial charge in [-0.1, -0.05) is 20.8 Å². The van der Waals surface area contributed by atoms with Gasteiger partial charge in [-0.05, 0) is 18.1 Å². The average molecular weight is 410 g/mol. The van der Waals surface area contributed by atoms with E-state index in [1.165, 1.54) is 6.33 Å². The monoisotopic (exact) mass is 409 g/mol. The Balaban J connectivity index is 1.85. The number of nitrogen functional groups attached to an aromatic ring is 1. The van der Waals surface area contributed by atoms with Gasteiger partial charge in [-0.3, -0.25) is 4.57 Å². The second kappa shape index (κ2) is 9.03. The van der Waals surface area contributed by atoms with Crippen molar-refractivity contribution in [2.75, 3.05) is 22.7 Å². The van der Waals surface area contributed by atoms with Crippen molar-refractivity contribution in [2.24, 2.45) is 11.0 Å². The van der Waals surface area contributed by atoms with Crippen LogP contribution in [0.15, 0.2) is 11.4 Å². The van der Waals surface area contributed by atoms with Crippen LogP contribution in [0.25, 0.3) is 11.2 Å². The Bertz CT molecular complexity index is 828. The maximum atomic E-state index is 10.5. The quantitative estimate of drug-likeness (QED) is 0.374. The summed E-state index contributed by atoms with van der Waals surface area (Å²) in [4.78, 5) is 12.8. The van der Waals surface area contributed by atoms with Gasteiger partial charge in [0.25, 0.3) is 0 Å². The molecule has 1 fully saturated rings. The van der Waals surface area contributed by atoms with Gasteiger partial charge in [-0.2, -0.15) is 26.8 Å². The molecular formula is C17H27N7O3S. The zero-order chi connectivity index (χ0) is 20.3. The molecule has 0 spiro atoms. The van der Waals surface area contributed by atoms with Gasteiger partial charge in [-0.25, -0.2) is 10.4 Å². The maximum absolute atomic E-state index is 10.5. The van der Waals surface area contributed by atoms with Gasteiger partial charge in [0.05, 0.1) is 12.4 Å². The first kappa shape index (κ1) is 20.8. The van der Waals surface area contributed by atoms with Crippen LogP contribution in [0.5, 0.6) is 0 Å². The smallest absolute Gasteiger partial charge is 0.247 e. The first-order valence-corrected chi connectivity index (χ1v) is 10.4. The van der Waals surface area contributed by atoms with Crippen LogP contribution < -0.4 is 11.2 Å². The number of hydrogen-bond donors (Lipinski definition) is 4. The van der Waals surface area contributed by atoms with Crippen molar-refractivity contribution in [2.45, 2.75) is 51.7 Å². The van der Waals surface area contributed by atoms with E-state index in [4.69, 9.17) is 10.5 Å². The lowest BCUT2D eigenvalue weighted by Gasteiger charge is -2.16. The second-order valence-electron chi connectivity index (χ2n) is 7.02. The van der Waals surface area contributed by atoms with E-state index < -0.39 is 24.5 Å². The van der Waals surface area contributed by atoms with E-state index in [9.17, 15) is 10.2 Å². The Morgan fingerprint density at radius 3 is 2.89 bits per heavy atom. The molecule has 10 nitrogen and oxygen atoms in total.